The molecule has 0 aliphatic rings. The zero-order chi connectivity index (χ0) is 15.1. The summed E-state index contributed by atoms with van der Waals surface area (Å²) in [6, 6.07) is 7.78. The van der Waals surface area contributed by atoms with Crippen LogP contribution in [0.5, 0.6) is 0 Å². The van der Waals surface area contributed by atoms with Gasteiger partial charge in [0, 0.05) is 5.92 Å². The topological polar surface area (TPSA) is 66.4 Å². The molecule has 1 aromatic carbocycles. The maximum Gasteiger partial charge on any atom is 0.330 e. The van der Waals surface area contributed by atoms with Crippen LogP contribution >= 0.6 is 0 Å². The van der Waals surface area contributed by atoms with E-state index in [1.54, 1.807) is 24.3 Å². The molecule has 110 valence electrons. The van der Waals surface area contributed by atoms with Gasteiger partial charge in [-0.1, -0.05) is 63.9 Å². The molecule has 4 heteroatoms. The van der Waals surface area contributed by atoms with Gasteiger partial charge in [0.25, 0.3) is 0 Å². The van der Waals surface area contributed by atoms with E-state index in [2.05, 4.69) is 5.32 Å². The Balaban J connectivity index is 2.82. The number of rotatable bonds is 7. The van der Waals surface area contributed by atoms with Crippen molar-refractivity contribution in [3.63, 3.8) is 0 Å². The first-order valence-corrected chi connectivity index (χ1v) is 7.09. The van der Waals surface area contributed by atoms with Crippen molar-refractivity contribution in [1.29, 1.82) is 0 Å². The summed E-state index contributed by atoms with van der Waals surface area (Å²) in [7, 11) is 0. The van der Waals surface area contributed by atoms with Crippen LogP contribution in [0.4, 0.5) is 0 Å². The molecule has 0 spiro atoms. The molecule has 1 amide bonds. The average Bonchev–Trinajstić information content (AvgIpc) is 2.46. The smallest absolute Gasteiger partial charge is 0.330 e. The quantitative estimate of drug-likeness (QED) is 0.805. The molecule has 20 heavy (non-hydrogen) atoms. The molecule has 1 aromatic rings. The Kier molecular flexibility index (Phi) is 6.22. The number of carboxylic acids is 1. The molecule has 0 aromatic heterocycles. The van der Waals surface area contributed by atoms with Gasteiger partial charge >= 0.3 is 5.97 Å². The Morgan fingerprint density at radius 1 is 1.15 bits per heavy atom. The number of carbonyl (C=O) groups excluding carboxylic acids is 1. The third-order valence-corrected chi connectivity index (χ3v) is 3.84. The first-order chi connectivity index (χ1) is 9.51. The van der Waals surface area contributed by atoms with E-state index in [9.17, 15) is 14.7 Å². The second-order valence-corrected chi connectivity index (χ2v) is 5.06. The fraction of sp³-hybridized carbons (Fsp3) is 0.500. The standard InChI is InChI=1S/C16H23NO3/c1-4-12(5-2)11(3)15(18)17-14(16(19)20)13-9-7-6-8-10-13/h6-12,14H,4-5H2,1-3H3,(H,17,18)(H,19,20)/t11?,14-/m0/s1. The number of benzene rings is 1. The van der Waals surface area contributed by atoms with Crippen LogP contribution in [0.15, 0.2) is 30.3 Å². The summed E-state index contributed by atoms with van der Waals surface area (Å²) in [5.41, 5.74) is 0.588. The molecular formula is C16H23NO3. The molecule has 0 heterocycles. The van der Waals surface area contributed by atoms with E-state index in [0.29, 0.717) is 5.56 Å². The minimum Gasteiger partial charge on any atom is -0.479 e. The van der Waals surface area contributed by atoms with Gasteiger partial charge in [-0.05, 0) is 11.5 Å². The fourth-order valence-corrected chi connectivity index (χ4v) is 2.42. The van der Waals surface area contributed by atoms with E-state index in [0.717, 1.165) is 12.8 Å². The van der Waals surface area contributed by atoms with Crippen LogP contribution in [0.2, 0.25) is 0 Å². The van der Waals surface area contributed by atoms with Crippen LogP contribution in [0.3, 0.4) is 0 Å². The Bertz CT molecular complexity index is 440. The summed E-state index contributed by atoms with van der Waals surface area (Å²) in [6.07, 6.45) is 1.82. The largest absolute Gasteiger partial charge is 0.479 e. The maximum atomic E-state index is 12.2. The average molecular weight is 277 g/mol. The first-order valence-electron chi connectivity index (χ1n) is 7.09. The van der Waals surface area contributed by atoms with Crippen LogP contribution < -0.4 is 5.32 Å². The highest BCUT2D eigenvalue weighted by atomic mass is 16.4. The van der Waals surface area contributed by atoms with Crippen molar-refractivity contribution in [2.75, 3.05) is 0 Å². The summed E-state index contributed by atoms with van der Waals surface area (Å²) >= 11 is 0. The zero-order valence-electron chi connectivity index (χ0n) is 12.3. The molecule has 2 atom stereocenters. The van der Waals surface area contributed by atoms with Crippen LogP contribution in [0.1, 0.15) is 45.2 Å². The van der Waals surface area contributed by atoms with Crippen LogP contribution in [-0.2, 0) is 9.59 Å². The molecule has 0 fully saturated rings. The summed E-state index contributed by atoms with van der Waals surface area (Å²) in [5, 5.41) is 11.9. The van der Waals surface area contributed by atoms with Gasteiger partial charge in [-0.3, -0.25) is 4.79 Å². The fourth-order valence-electron chi connectivity index (χ4n) is 2.42. The van der Waals surface area contributed by atoms with Gasteiger partial charge in [0.2, 0.25) is 5.91 Å². The van der Waals surface area contributed by atoms with Crippen molar-refractivity contribution in [3.8, 4) is 0 Å². The molecule has 0 aliphatic carbocycles. The second-order valence-electron chi connectivity index (χ2n) is 5.06. The van der Waals surface area contributed by atoms with Gasteiger partial charge in [-0.25, -0.2) is 4.79 Å². The molecular weight excluding hydrogens is 254 g/mol. The zero-order valence-corrected chi connectivity index (χ0v) is 12.3. The lowest BCUT2D eigenvalue weighted by Gasteiger charge is -2.23. The lowest BCUT2D eigenvalue weighted by Crippen LogP contribution is -2.39. The molecule has 0 radical (unpaired) electrons. The molecule has 0 aliphatic heterocycles. The van der Waals surface area contributed by atoms with Gasteiger partial charge in [-0.2, -0.15) is 0 Å². The normalized spacial score (nSPS) is 13.8. The molecule has 1 unspecified atom stereocenters. The highest BCUT2D eigenvalue weighted by Crippen LogP contribution is 2.21. The lowest BCUT2D eigenvalue weighted by atomic mass is 9.88. The Hall–Kier alpha value is -1.84. The third kappa shape index (κ3) is 4.08. The number of nitrogens with one attached hydrogen (secondary N) is 1. The van der Waals surface area contributed by atoms with Gasteiger partial charge < -0.3 is 10.4 Å². The van der Waals surface area contributed by atoms with Crippen molar-refractivity contribution in [2.45, 2.75) is 39.7 Å². The number of hydrogen-bond donors (Lipinski definition) is 2. The van der Waals surface area contributed by atoms with Crippen LogP contribution in [-0.4, -0.2) is 17.0 Å². The maximum absolute atomic E-state index is 12.2. The predicted molar refractivity (Wildman–Crippen MR) is 78.2 cm³/mol. The van der Waals surface area contributed by atoms with Crippen molar-refractivity contribution in [2.24, 2.45) is 11.8 Å². The van der Waals surface area contributed by atoms with Gasteiger partial charge in [0.1, 0.15) is 0 Å². The second kappa shape index (κ2) is 7.68. The number of aliphatic carboxylic acids is 1. The van der Waals surface area contributed by atoms with Crippen LogP contribution in [0.25, 0.3) is 0 Å². The number of amides is 1. The summed E-state index contributed by atoms with van der Waals surface area (Å²) < 4.78 is 0. The van der Waals surface area contributed by atoms with Gasteiger partial charge in [0.15, 0.2) is 6.04 Å². The van der Waals surface area contributed by atoms with Crippen molar-refractivity contribution >= 4 is 11.9 Å². The van der Waals surface area contributed by atoms with Crippen molar-refractivity contribution < 1.29 is 14.7 Å². The number of hydrogen-bond acceptors (Lipinski definition) is 2. The molecule has 0 saturated carbocycles. The number of carboxylic acid groups (broad SMARTS) is 1. The van der Waals surface area contributed by atoms with Gasteiger partial charge in [-0.15, -0.1) is 0 Å². The number of carbonyl (C=O) groups is 2. The monoisotopic (exact) mass is 277 g/mol. The minimum absolute atomic E-state index is 0.185. The van der Waals surface area contributed by atoms with E-state index >= 15 is 0 Å². The predicted octanol–water partition coefficient (Wildman–Crippen LogP) is 3.00. The molecule has 0 saturated heterocycles. The van der Waals surface area contributed by atoms with Gasteiger partial charge in [0.05, 0.1) is 0 Å². The molecule has 1 rings (SSSR count). The summed E-state index contributed by atoms with van der Waals surface area (Å²) in [6.45, 7) is 5.95. The van der Waals surface area contributed by atoms with Crippen LogP contribution in [0, 0.1) is 11.8 Å². The minimum atomic E-state index is -1.04. The SMILES string of the molecule is CCC(CC)C(C)C(=O)N[C@H](C(=O)O)c1ccccc1. The Morgan fingerprint density at radius 3 is 2.15 bits per heavy atom. The molecule has 4 nitrogen and oxygen atoms in total. The van der Waals surface area contributed by atoms with E-state index in [-0.39, 0.29) is 17.7 Å². The highest BCUT2D eigenvalue weighted by Gasteiger charge is 2.27. The van der Waals surface area contributed by atoms with Crippen molar-refractivity contribution in [3.05, 3.63) is 35.9 Å². The van der Waals surface area contributed by atoms with E-state index in [1.807, 2.05) is 26.8 Å². The molecule has 2 N–H and O–H groups in total. The van der Waals surface area contributed by atoms with E-state index in [4.69, 9.17) is 0 Å². The Labute approximate surface area is 120 Å². The molecule has 0 bridgehead atoms. The summed E-state index contributed by atoms with van der Waals surface area (Å²) in [5.74, 6) is -1.15. The highest BCUT2D eigenvalue weighted by molar-refractivity contribution is 5.85. The van der Waals surface area contributed by atoms with E-state index < -0.39 is 12.0 Å². The Morgan fingerprint density at radius 2 is 1.70 bits per heavy atom. The summed E-state index contributed by atoms with van der Waals surface area (Å²) in [4.78, 5) is 23.6. The lowest BCUT2D eigenvalue weighted by molar-refractivity contribution is -0.143. The van der Waals surface area contributed by atoms with E-state index in [1.165, 1.54) is 0 Å². The van der Waals surface area contributed by atoms with Crippen molar-refractivity contribution in [1.82, 2.24) is 5.32 Å². The first kappa shape index (κ1) is 16.2. The third-order valence-electron chi connectivity index (χ3n) is 3.84.